The number of anilines is 1. The van der Waals surface area contributed by atoms with E-state index in [0.717, 1.165) is 18.6 Å². The summed E-state index contributed by atoms with van der Waals surface area (Å²) in [5.41, 5.74) is 0.507. The molecule has 7 nitrogen and oxygen atoms in total. The van der Waals surface area contributed by atoms with Gasteiger partial charge in [-0.1, -0.05) is 13.0 Å². The molecule has 2 N–H and O–H groups in total. The maximum absolute atomic E-state index is 13.1. The number of carbonyl (C=O) groups excluding carboxylic acids is 1. The summed E-state index contributed by atoms with van der Waals surface area (Å²) in [5, 5.41) is 2.76. The van der Waals surface area contributed by atoms with Crippen molar-refractivity contribution >= 4 is 21.6 Å². The van der Waals surface area contributed by atoms with Crippen LogP contribution in [0.3, 0.4) is 0 Å². The monoisotopic (exact) mass is 429 g/mol. The summed E-state index contributed by atoms with van der Waals surface area (Å²) < 4.78 is 46.2. The van der Waals surface area contributed by atoms with Gasteiger partial charge in [0.05, 0.1) is 10.6 Å². The van der Waals surface area contributed by atoms with Crippen molar-refractivity contribution in [3.8, 4) is 11.6 Å². The topological polar surface area (TPSA) is 97.4 Å². The van der Waals surface area contributed by atoms with Crippen LogP contribution in [0.4, 0.5) is 10.1 Å². The summed E-state index contributed by atoms with van der Waals surface area (Å²) >= 11 is 0. The Morgan fingerprint density at radius 1 is 1.10 bits per heavy atom. The van der Waals surface area contributed by atoms with Gasteiger partial charge in [0.1, 0.15) is 17.1 Å². The fourth-order valence-corrected chi connectivity index (χ4v) is 3.59. The van der Waals surface area contributed by atoms with Crippen LogP contribution in [0.15, 0.2) is 71.8 Å². The Morgan fingerprint density at radius 2 is 1.87 bits per heavy atom. The molecular formula is C21H20FN3O4S. The molecule has 0 unspecified atom stereocenters. The van der Waals surface area contributed by atoms with Crippen molar-refractivity contribution in [3.05, 3.63) is 78.2 Å². The quantitative estimate of drug-likeness (QED) is 0.565. The molecule has 0 fully saturated rings. The molecule has 0 saturated heterocycles. The third kappa shape index (κ3) is 5.32. The number of pyridine rings is 1. The molecular weight excluding hydrogens is 409 g/mol. The standard InChI is InChI=1S/C21H20FN3O4S/c1-2-12-23-20(26)19-7-4-13-24-21(19)29-17-6-3-5-16(14-17)25-30(27,28)18-10-8-15(22)9-11-18/h3-11,13-14,25H,2,12H2,1H3,(H,23,26). The summed E-state index contributed by atoms with van der Waals surface area (Å²) in [5.74, 6) is -0.450. The van der Waals surface area contributed by atoms with Gasteiger partial charge in [0.15, 0.2) is 0 Å². The maximum Gasteiger partial charge on any atom is 0.261 e. The first-order valence-electron chi connectivity index (χ1n) is 9.18. The lowest BCUT2D eigenvalue weighted by Crippen LogP contribution is -2.24. The molecule has 0 saturated carbocycles. The molecule has 1 aromatic heterocycles. The van der Waals surface area contributed by atoms with Crippen LogP contribution in [-0.2, 0) is 10.0 Å². The number of hydrogen-bond acceptors (Lipinski definition) is 5. The number of sulfonamides is 1. The highest BCUT2D eigenvalue weighted by Crippen LogP contribution is 2.26. The Hall–Kier alpha value is -3.46. The van der Waals surface area contributed by atoms with Crippen molar-refractivity contribution in [3.63, 3.8) is 0 Å². The zero-order chi connectivity index (χ0) is 21.6. The van der Waals surface area contributed by atoms with Crippen LogP contribution in [0.5, 0.6) is 11.6 Å². The van der Waals surface area contributed by atoms with E-state index < -0.39 is 15.8 Å². The molecule has 0 atom stereocenters. The van der Waals surface area contributed by atoms with Crippen molar-refractivity contribution in [1.29, 1.82) is 0 Å². The van der Waals surface area contributed by atoms with Gasteiger partial charge in [0.2, 0.25) is 5.88 Å². The first-order chi connectivity index (χ1) is 14.4. The predicted octanol–water partition coefficient (Wildman–Crippen LogP) is 3.95. The molecule has 1 amide bonds. The highest BCUT2D eigenvalue weighted by atomic mass is 32.2. The van der Waals surface area contributed by atoms with Crippen LogP contribution >= 0.6 is 0 Å². The fourth-order valence-electron chi connectivity index (χ4n) is 2.54. The number of hydrogen-bond donors (Lipinski definition) is 2. The third-order valence-electron chi connectivity index (χ3n) is 3.98. The number of halogens is 1. The van der Waals surface area contributed by atoms with E-state index in [1.54, 1.807) is 30.3 Å². The average molecular weight is 429 g/mol. The second-order valence-electron chi connectivity index (χ2n) is 6.30. The lowest BCUT2D eigenvalue weighted by molar-refractivity contribution is 0.0950. The molecule has 1 heterocycles. The third-order valence-corrected chi connectivity index (χ3v) is 5.37. The maximum atomic E-state index is 13.1. The normalized spacial score (nSPS) is 11.0. The van der Waals surface area contributed by atoms with E-state index in [4.69, 9.17) is 4.74 Å². The fraction of sp³-hybridized carbons (Fsp3) is 0.143. The Kier molecular flexibility index (Phi) is 6.63. The first-order valence-corrected chi connectivity index (χ1v) is 10.7. The largest absolute Gasteiger partial charge is 0.438 e. The Morgan fingerprint density at radius 3 is 2.60 bits per heavy atom. The zero-order valence-corrected chi connectivity index (χ0v) is 16.9. The lowest BCUT2D eigenvalue weighted by atomic mass is 10.2. The van der Waals surface area contributed by atoms with Gasteiger partial charge >= 0.3 is 0 Å². The summed E-state index contributed by atoms with van der Waals surface area (Å²) in [6.07, 6.45) is 2.28. The van der Waals surface area contributed by atoms with Gasteiger partial charge in [-0.3, -0.25) is 9.52 Å². The van der Waals surface area contributed by atoms with E-state index >= 15 is 0 Å². The second-order valence-corrected chi connectivity index (χ2v) is 7.98. The highest BCUT2D eigenvalue weighted by molar-refractivity contribution is 7.92. The molecule has 9 heteroatoms. The molecule has 0 aliphatic carbocycles. The van der Waals surface area contributed by atoms with Gasteiger partial charge in [-0.05, 0) is 55.0 Å². The average Bonchev–Trinajstić information content (AvgIpc) is 2.72. The molecule has 0 bridgehead atoms. The van der Waals surface area contributed by atoms with Crippen molar-refractivity contribution < 1.29 is 22.3 Å². The minimum Gasteiger partial charge on any atom is -0.438 e. The van der Waals surface area contributed by atoms with Crippen LogP contribution < -0.4 is 14.8 Å². The minimum atomic E-state index is -3.90. The molecule has 0 aliphatic heterocycles. The molecule has 0 aliphatic rings. The molecule has 3 rings (SSSR count). The molecule has 0 spiro atoms. The van der Waals surface area contributed by atoms with Crippen LogP contribution in [0.25, 0.3) is 0 Å². The second kappa shape index (κ2) is 9.36. The number of rotatable bonds is 8. The van der Waals surface area contributed by atoms with Crippen molar-refractivity contribution in [2.24, 2.45) is 0 Å². The van der Waals surface area contributed by atoms with E-state index in [9.17, 15) is 17.6 Å². The van der Waals surface area contributed by atoms with E-state index in [1.807, 2.05) is 6.92 Å². The van der Waals surface area contributed by atoms with Crippen molar-refractivity contribution in [1.82, 2.24) is 10.3 Å². The van der Waals surface area contributed by atoms with Crippen LogP contribution in [0.1, 0.15) is 23.7 Å². The van der Waals surface area contributed by atoms with Crippen LogP contribution in [0.2, 0.25) is 0 Å². The first kappa shape index (κ1) is 21.3. The molecule has 2 aromatic carbocycles. The van der Waals surface area contributed by atoms with E-state index in [2.05, 4.69) is 15.0 Å². The van der Waals surface area contributed by atoms with E-state index in [-0.39, 0.29) is 33.7 Å². The van der Waals surface area contributed by atoms with Crippen molar-refractivity contribution in [2.75, 3.05) is 11.3 Å². The summed E-state index contributed by atoms with van der Waals surface area (Å²) in [6, 6.07) is 13.9. The van der Waals surface area contributed by atoms with Gasteiger partial charge in [0.25, 0.3) is 15.9 Å². The van der Waals surface area contributed by atoms with Crippen molar-refractivity contribution in [2.45, 2.75) is 18.2 Å². The number of aromatic nitrogens is 1. The number of ether oxygens (including phenoxy) is 1. The Labute approximate surface area is 174 Å². The lowest BCUT2D eigenvalue weighted by Gasteiger charge is -2.12. The van der Waals surface area contributed by atoms with Gasteiger partial charge in [-0.25, -0.2) is 17.8 Å². The smallest absolute Gasteiger partial charge is 0.261 e. The highest BCUT2D eigenvalue weighted by Gasteiger charge is 2.16. The summed E-state index contributed by atoms with van der Waals surface area (Å²) in [6.45, 7) is 2.47. The van der Waals surface area contributed by atoms with Gasteiger partial charge < -0.3 is 10.1 Å². The Balaban J connectivity index is 1.80. The summed E-state index contributed by atoms with van der Waals surface area (Å²) in [7, 11) is -3.90. The van der Waals surface area contributed by atoms with Crippen LogP contribution in [0, 0.1) is 5.82 Å². The summed E-state index contributed by atoms with van der Waals surface area (Å²) in [4.78, 5) is 16.3. The predicted molar refractivity (Wildman–Crippen MR) is 111 cm³/mol. The zero-order valence-electron chi connectivity index (χ0n) is 16.1. The minimum absolute atomic E-state index is 0.0742. The van der Waals surface area contributed by atoms with Gasteiger partial charge in [-0.15, -0.1) is 0 Å². The number of nitrogens with zero attached hydrogens (tertiary/aromatic N) is 1. The Bertz CT molecular complexity index is 1130. The van der Waals surface area contributed by atoms with Gasteiger partial charge in [-0.2, -0.15) is 0 Å². The van der Waals surface area contributed by atoms with E-state index in [1.165, 1.54) is 24.4 Å². The van der Waals surface area contributed by atoms with Gasteiger partial charge in [0, 0.05) is 18.8 Å². The molecule has 30 heavy (non-hydrogen) atoms. The number of amides is 1. The molecule has 3 aromatic rings. The number of nitrogens with one attached hydrogen (secondary N) is 2. The molecule has 0 radical (unpaired) electrons. The number of carbonyl (C=O) groups is 1. The van der Waals surface area contributed by atoms with Crippen LogP contribution in [-0.4, -0.2) is 25.9 Å². The van der Waals surface area contributed by atoms with E-state index in [0.29, 0.717) is 6.54 Å². The molecule has 156 valence electrons. The number of benzene rings is 2. The SMILES string of the molecule is CCCNC(=O)c1cccnc1Oc1cccc(NS(=O)(=O)c2ccc(F)cc2)c1.